The molecule has 1 aliphatic rings. The molecule has 12 nitrogen and oxygen atoms in total. The molecule has 0 aliphatic heterocycles. The number of nitrogens with zero attached hydrogens (tertiary/aromatic N) is 1. The van der Waals surface area contributed by atoms with Gasteiger partial charge in [-0.1, -0.05) is 69.9 Å². The molecule has 3 rings (SSSR count). The number of carbonyl (C=O) groups excluding carboxylic acids is 4. The maximum Gasteiger partial charge on any atom is 0.408 e. The van der Waals surface area contributed by atoms with Crippen LogP contribution in [0.15, 0.2) is 42.9 Å². The number of rotatable bonds is 21. The molecule has 7 N–H and O–H groups in total. The number of nitrogens with two attached hydrogens (primary N) is 1. The van der Waals surface area contributed by atoms with Gasteiger partial charge in [0.2, 0.25) is 11.8 Å². The third-order valence-electron chi connectivity index (χ3n) is 9.93. The van der Waals surface area contributed by atoms with Crippen molar-refractivity contribution in [3.8, 4) is 0 Å². The number of aliphatic hydroxyl groups excluding tert-OH is 1. The lowest BCUT2D eigenvalue weighted by Crippen LogP contribution is -2.56. The number of imidazole rings is 1. The van der Waals surface area contributed by atoms with Crippen molar-refractivity contribution in [3.05, 3.63) is 54.1 Å². The Morgan fingerprint density at radius 3 is 2.38 bits per heavy atom. The van der Waals surface area contributed by atoms with Gasteiger partial charge in [0.25, 0.3) is 0 Å². The van der Waals surface area contributed by atoms with Gasteiger partial charge in [0.05, 0.1) is 12.0 Å². The number of aromatic amines is 1. The first-order chi connectivity index (χ1) is 24.7. The summed E-state index contributed by atoms with van der Waals surface area (Å²) < 4.78 is 5.45. The minimum absolute atomic E-state index is 0.0551. The van der Waals surface area contributed by atoms with Crippen molar-refractivity contribution >= 4 is 23.7 Å². The van der Waals surface area contributed by atoms with E-state index < -0.39 is 29.7 Å². The third kappa shape index (κ3) is 15.9. The number of benzene rings is 1. The molecule has 0 bridgehead atoms. The summed E-state index contributed by atoms with van der Waals surface area (Å²) in [6, 6.07) is 7.31. The van der Waals surface area contributed by atoms with Crippen LogP contribution in [0.5, 0.6) is 0 Å². The van der Waals surface area contributed by atoms with E-state index in [1.807, 2.05) is 37.3 Å². The third-order valence-corrected chi connectivity index (χ3v) is 9.93. The number of alkyl carbamates (subject to hydrolysis) is 1. The van der Waals surface area contributed by atoms with E-state index in [0.717, 1.165) is 69.8 Å². The van der Waals surface area contributed by atoms with Crippen molar-refractivity contribution in [3.63, 3.8) is 0 Å². The highest BCUT2D eigenvalue weighted by atomic mass is 16.6. The van der Waals surface area contributed by atoms with Gasteiger partial charge >= 0.3 is 6.09 Å². The molecule has 1 aromatic heterocycles. The molecular formula is C40H64N6O6. The van der Waals surface area contributed by atoms with E-state index in [1.165, 1.54) is 6.33 Å². The number of ether oxygens (including phenoxy) is 1. The quantitative estimate of drug-likeness (QED) is 0.0938. The molecule has 6 atom stereocenters. The molecule has 1 aromatic carbocycles. The summed E-state index contributed by atoms with van der Waals surface area (Å²) in [6.45, 7) is 9.47. The van der Waals surface area contributed by atoms with Crippen molar-refractivity contribution in [1.82, 2.24) is 25.9 Å². The van der Waals surface area contributed by atoms with Gasteiger partial charge in [-0.3, -0.25) is 14.4 Å². The van der Waals surface area contributed by atoms with E-state index in [4.69, 9.17) is 10.5 Å². The number of nitrogens with one attached hydrogen (secondary N) is 4. The van der Waals surface area contributed by atoms with Crippen LogP contribution in [-0.2, 0) is 32.0 Å². The smallest absolute Gasteiger partial charge is 0.408 e. The Bertz CT molecular complexity index is 1380. The predicted molar refractivity (Wildman–Crippen MR) is 202 cm³/mol. The maximum atomic E-state index is 13.9. The molecule has 1 heterocycles. The number of aliphatic hydroxyl groups is 1. The monoisotopic (exact) mass is 724 g/mol. The first-order valence-electron chi connectivity index (χ1n) is 19.2. The fourth-order valence-electron chi connectivity index (χ4n) is 7.04. The van der Waals surface area contributed by atoms with Gasteiger partial charge in [0.15, 0.2) is 0 Å². The maximum absolute atomic E-state index is 13.9. The van der Waals surface area contributed by atoms with E-state index in [1.54, 1.807) is 27.0 Å². The average Bonchev–Trinajstić information content (AvgIpc) is 3.60. The SMILES string of the molecule is CCC(N)CC(=O)CCCCC[C@](C)(CO)CC1CCCC(NC(=O)C(Cc2c[nH]cn2)NC(=O)C(Cc2ccccc2)NC(=O)OC(C)(C)C)C1. The Balaban J connectivity index is 1.61. The Kier molecular flexibility index (Phi) is 17.3. The Labute approximate surface area is 310 Å². The second kappa shape index (κ2) is 21.1. The number of amides is 3. The van der Waals surface area contributed by atoms with Crippen LogP contribution < -0.4 is 21.7 Å². The predicted octanol–water partition coefficient (Wildman–Crippen LogP) is 5.28. The summed E-state index contributed by atoms with van der Waals surface area (Å²) in [5, 5.41) is 19.2. The Morgan fingerprint density at radius 1 is 1.00 bits per heavy atom. The van der Waals surface area contributed by atoms with E-state index in [2.05, 4.69) is 32.8 Å². The van der Waals surface area contributed by atoms with Crippen molar-refractivity contribution in [2.75, 3.05) is 6.61 Å². The van der Waals surface area contributed by atoms with Crippen molar-refractivity contribution < 1.29 is 29.0 Å². The van der Waals surface area contributed by atoms with E-state index in [9.17, 15) is 24.3 Å². The summed E-state index contributed by atoms with van der Waals surface area (Å²) in [7, 11) is 0. The summed E-state index contributed by atoms with van der Waals surface area (Å²) >= 11 is 0. The molecular weight excluding hydrogens is 660 g/mol. The molecule has 1 saturated carbocycles. The highest BCUT2D eigenvalue weighted by Gasteiger charge is 2.34. The standard InChI is InChI=1S/C40H64N6O6/c1-6-30(41)22-33(48)18-11-8-12-19-40(5,26-47)24-29-16-13-17-31(20-29)44-36(49)35(23-32-25-42-27-43-32)45-37(50)34(21-28-14-9-7-10-15-28)46-38(51)52-39(2,3)4/h7,9-10,14-15,25,27,29-31,34-35,47H,6,8,11-13,16-24,26,41H2,1-5H3,(H,42,43)(H,44,49)(H,45,50)(H,46,51)/t29?,30?,31?,34?,35?,40-/m0/s1. The second-order valence-corrected chi connectivity index (χ2v) is 16.1. The van der Waals surface area contributed by atoms with E-state index >= 15 is 0 Å². The molecule has 12 heteroatoms. The summed E-state index contributed by atoms with van der Waals surface area (Å²) in [5.74, 6) is -0.247. The van der Waals surface area contributed by atoms with Gasteiger partial charge in [-0.2, -0.15) is 0 Å². The van der Waals surface area contributed by atoms with Crippen LogP contribution in [0.4, 0.5) is 4.79 Å². The number of hydrogen-bond acceptors (Lipinski definition) is 8. The number of carbonyl (C=O) groups is 4. The molecule has 1 aliphatic carbocycles. The number of H-pyrrole nitrogens is 1. The Hall–Kier alpha value is -3.77. The zero-order chi connectivity index (χ0) is 38.1. The van der Waals surface area contributed by atoms with Crippen LogP contribution in [0.25, 0.3) is 0 Å². The second-order valence-electron chi connectivity index (χ2n) is 16.1. The minimum atomic E-state index is -0.984. The topological polar surface area (TPSA) is 189 Å². The first-order valence-corrected chi connectivity index (χ1v) is 19.2. The molecule has 290 valence electrons. The van der Waals surface area contributed by atoms with Crippen LogP contribution in [0.1, 0.15) is 123 Å². The van der Waals surface area contributed by atoms with E-state index in [0.29, 0.717) is 24.5 Å². The first kappa shape index (κ1) is 42.6. The minimum Gasteiger partial charge on any atom is -0.444 e. The van der Waals surface area contributed by atoms with Crippen LogP contribution in [0.2, 0.25) is 0 Å². The number of unbranched alkanes of at least 4 members (excludes halogenated alkanes) is 2. The number of Topliss-reactive ketones (excluding diaryl/α,β-unsaturated/α-hetero) is 1. The molecule has 0 radical (unpaired) electrons. The van der Waals surface area contributed by atoms with Crippen LogP contribution >= 0.6 is 0 Å². The zero-order valence-corrected chi connectivity index (χ0v) is 32.0. The van der Waals surface area contributed by atoms with Gasteiger partial charge in [-0.25, -0.2) is 9.78 Å². The van der Waals surface area contributed by atoms with E-state index in [-0.39, 0.29) is 48.6 Å². The number of hydrogen-bond donors (Lipinski definition) is 6. The number of ketones is 1. The lowest BCUT2D eigenvalue weighted by molar-refractivity contribution is -0.130. The van der Waals surface area contributed by atoms with Crippen LogP contribution in [0, 0.1) is 11.3 Å². The normalized spacial score (nSPS) is 19.1. The average molecular weight is 725 g/mol. The van der Waals surface area contributed by atoms with Crippen molar-refractivity contribution in [2.24, 2.45) is 17.1 Å². The molecule has 52 heavy (non-hydrogen) atoms. The largest absolute Gasteiger partial charge is 0.444 e. The summed E-state index contributed by atoms with van der Waals surface area (Å²) in [5.41, 5.74) is 6.39. The highest BCUT2D eigenvalue weighted by Crippen LogP contribution is 2.38. The fraction of sp³-hybridized carbons (Fsp3) is 0.675. The van der Waals surface area contributed by atoms with Gasteiger partial charge in [-0.05, 0) is 76.2 Å². The van der Waals surface area contributed by atoms with Gasteiger partial charge in [0.1, 0.15) is 23.5 Å². The van der Waals surface area contributed by atoms with Gasteiger partial charge in [0, 0.05) is 50.6 Å². The molecule has 0 spiro atoms. The molecule has 2 aromatic rings. The molecule has 3 amide bonds. The van der Waals surface area contributed by atoms with Crippen molar-refractivity contribution in [1.29, 1.82) is 0 Å². The van der Waals surface area contributed by atoms with Crippen LogP contribution in [-0.4, -0.2) is 75.1 Å². The zero-order valence-electron chi connectivity index (χ0n) is 32.0. The molecule has 5 unspecified atom stereocenters. The van der Waals surface area contributed by atoms with Crippen LogP contribution in [0.3, 0.4) is 0 Å². The lowest BCUT2D eigenvalue weighted by Gasteiger charge is -2.37. The van der Waals surface area contributed by atoms with Gasteiger partial charge in [-0.15, -0.1) is 0 Å². The Morgan fingerprint density at radius 2 is 1.73 bits per heavy atom. The summed E-state index contributed by atoms with van der Waals surface area (Å²) in [4.78, 5) is 59.8. The highest BCUT2D eigenvalue weighted by molar-refractivity contribution is 5.91. The fourth-order valence-corrected chi connectivity index (χ4v) is 7.04. The molecule has 1 fully saturated rings. The van der Waals surface area contributed by atoms with Crippen molar-refractivity contribution in [2.45, 2.75) is 154 Å². The van der Waals surface area contributed by atoms with Gasteiger partial charge < -0.3 is 36.5 Å². The molecule has 0 saturated heterocycles. The summed E-state index contributed by atoms with van der Waals surface area (Å²) in [6.07, 6.45) is 12.7. The lowest BCUT2D eigenvalue weighted by atomic mass is 9.72. The number of aromatic nitrogens is 2.